The van der Waals surface area contributed by atoms with E-state index < -0.39 is 0 Å². The molecule has 0 aliphatic carbocycles. The van der Waals surface area contributed by atoms with Crippen LogP contribution in [0.3, 0.4) is 0 Å². The number of benzene rings is 1. The van der Waals surface area contributed by atoms with E-state index in [2.05, 4.69) is 6.58 Å². The largest absolute Gasteiger partial charge is 0.497 e. The molecule has 0 N–H and O–H groups in total. The Balaban J connectivity index is 1.94. The van der Waals surface area contributed by atoms with Crippen molar-refractivity contribution >= 4 is 11.8 Å². The number of rotatable bonds is 8. The molecule has 1 heterocycles. The van der Waals surface area contributed by atoms with Gasteiger partial charge >= 0.3 is 0 Å². The minimum atomic E-state index is -0.108. The predicted octanol–water partition coefficient (Wildman–Crippen LogP) is 2.90. The molecular formula is C21H30N2O3. The first-order chi connectivity index (χ1) is 12.4. The van der Waals surface area contributed by atoms with Gasteiger partial charge in [-0.15, -0.1) is 0 Å². The van der Waals surface area contributed by atoms with Crippen molar-refractivity contribution in [1.82, 2.24) is 9.80 Å². The van der Waals surface area contributed by atoms with Gasteiger partial charge in [-0.1, -0.05) is 24.3 Å². The molecule has 1 atom stereocenters. The molecule has 5 nitrogen and oxygen atoms in total. The van der Waals surface area contributed by atoms with Crippen molar-refractivity contribution in [3.05, 3.63) is 42.0 Å². The van der Waals surface area contributed by atoms with E-state index in [0.717, 1.165) is 23.3 Å². The number of ether oxygens (including phenoxy) is 1. The van der Waals surface area contributed by atoms with Crippen LogP contribution in [0.2, 0.25) is 0 Å². The molecule has 1 unspecified atom stereocenters. The minimum Gasteiger partial charge on any atom is -0.497 e. The van der Waals surface area contributed by atoms with Gasteiger partial charge in [0.25, 0.3) is 0 Å². The first kappa shape index (κ1) is 20.0. The molecular weight excluding hydrogens is 328 g/mol. The van der Waals surface area contributed by atoms with Gasteiger partial charge in [-0.2, -0.15) is 0 Å². The Morgan fingerprint density at radius 3 is 2.62 bits per heavy atom. The lowest BCUT2D eigenvalue weighted by Crippen LogP contribution is -2.47. The number of nitrogens with zero attached hydrogens (tertiary/aromatic N) is 2. The van der Waals surface area contributed by atoms with Crippen LogP contribution in [0, 0.1) is 5.92 Å². The van der Waals surface area contributed by atoms with Crippen LogP contribution in [0.1, 0.15) is 32.3 Å². The zero-order chi connectivity index (χ0) is 19.1. The molecule has 1 aliphatic rings. The number of amides is 2. The number of likely N-dealkylation sites (N-methyl/N-ethyl adjacent to an activating group) is 1. The topological polar surface area (TPSA) is 49.9 Å². The standard InChI is InChI=1S/C21H30N2O3/c1-5-22(14-16(2)3)21(25)18-8-11-20(24)23(15-18)13-12-17-6-9-19(26-4)10-7-17/h6-7,9-10,18H,2,5,8,11-15H2,1,3-4H3. The fourth-order valence-electron chi connectivity index (χ4n) is 3.32. The fraction of sp³-hybridized carbons (Fsp3) is 0.524. The quantitative estimate of drug-likeness (QED) is 0.672. The lowest BCUT2D eigenvalue weighted by atomic mass is 9.95. The van der Waals surface area contributed by atoms with Gasteiger partial charge in [0.05, 0.1) is 13.0 Å². The lowest BCUT2D eigenvalue weighted by molar-refractivity contribution is -0.142. The highest BCUT2D eigenvalue weighted by Gasteiger charge is 2.32. The Kier molecular flexibility index (Phi) is 7.25. The third-order valence-electron chi connectivity index (χ3n) is 4.83. The van der Waals surface area contributed by atoms with Crippen molar-refractivity contribution in [2.45, 2.75) is 33.1 Å². The highest BCUT2D eigenvalue weighted by atomic mass is 16.5. The number of hydrogen-bond acceptors (Lipinski definition) is 3. The summed E-state index contributed by atoms with van der Waals surface area (Å²) in [5.74, 6) is 0.997. The average Bonchev–Trinajstić information content (AvgIpc) is 2.65. The Morgan fingerprint density at radius 2 is 2.04 bits per heavy atom. The number of hydrogen-bond donors (Lipinski definition) is 0. The number of piperidine rings is 1. The van der Waals surface area contributed by atoms with Gasteiger partial charge < -0.3 is 14.5 Å². The molecule has 142 valence electrons. The second-order valence-corrected chi connectivity index (χ2v) is 6.98. The van der Waals surface area contributed by atoms with E-state index in [-0.39, 0.29) is 17.7 Å². The molecule has 2 rings (SSSR count). The van der Waals surface area contributed by atoms with Crippen molar-refractivity contribution < 1.29 is 14.3 Å². The monoisotopic (exact) mass is 358 g/mol. The van der Waals surface area contributed by atoms with Crippen LogP contribution in [0.4, 0.5) is 0 Å². The van der Waals surface area contributed by atoms with Crippen LogP contribution in [0.5, 0.6) is 5.75 Å². The van der Waals surface area contributed by atoms with E-state index in [4.69, 9.17) is 4.74 Å². The molecule has 1 aromatic carbocycles. The Hall–Kier alpha value is -2.30. The van der Waals surface area contributed by atoms with E-state index in [1.807, 2.05) is 47.9 Å². The summed E-state index contributed by atoms with van der Waals surface area (Å²) in [5, 5.41) is 0. The van der Waals surface area contributed by atoms with E-state index in [1.54, 1.807) is 7.11 Å². The van der Waals surface area contributed by atoms with Crippen LogP contribution in [0.25, 0.3) is 0 Å². The predicted molar refractivity (Wildman–Crippen MR) is 103 cm³/mol. The van der Waals surface area contributed by atoms with Crippen molar-refractivity contribution in [1.29, 1.82) is 0 Å². The van der Waals surface area contributed by atoms with Gasteiger partial charge in [-0.3, -0.25) is 9.59 Å². The van der Waals surface area contributed by atoms with Crippen molar-refractivity contribution in [3.8, 4) is 5.75 Å². The van der Waals surface area contributed by atoms with Crippen molar-refractivity contribution in [2.75, 3.05) is 33.3 Å². The maximum atomic E-state index is 12.8. The van der Waals surface area contributed by atoms with E-state index >= 15 is 0 Å². The molecule has 2 amide bonds. The molecule has 1 fully saturated rings. The van der Waals surface area contributed by atoms with Crippen LogP contribution >= 0.6 is 0 Å². The molecule has 0 aromatic heterocycles. The Bertz CT molecular complexity index is 639. The van der Waals surface area contributed by atoms with Crippen LogP contribution in [-0.4, -0.2) is 54.9 Å². The summed E-state index contributed by atoms with van der Waals surface area (Å²) in [6, 6.07) is 7.88. The molecule has 26 heavy (non-hydrogen) atoms. The van der Waals surface area contributed by atoms with Gasteiger partial charge in [-0.05, 0) is 44.4 Å². The zero-order valence-corrected chi connectivity index (χ0v) is 16.2. The smallest absolute Gasteiger partial charge is 0.227 e. The van der Waals surface area contributed by atoms with Crippen LogP contribution in [-0.2, 0) is 16.0 Å². The number of carbonyl (C=O) groups excluding carboxylic acids is 2. The summed E-state index contributed by atoms with van der Waals surface area (Å²) in [5.41, 5.74) is 2.13. The summed E-state index contributed by atoms with van der Waals surface area (Å²) < 4.78 is 5.17. The molecule has 0 spiro atoms. The molecule has 1 aliphatic heterocycles. The molecule has 0 saturated carbocycles. The zero-order valence-electron chi connectivity index (χ0n) is 16.2. The van der Waals surface area contributed by atoms with Gasteiger partial charge in [0.2, 0.25) is 11.8 Å². The van der Waals surface area contributed by atoms with Gasteiger partial charge in [-0.25, -0.2) is 0 Å². The van der Waals surface area contributed by atoms with Gasteiger partial charge in [0, 0.05) is 32.6 Å². The highest BCUT2D eigenvalue weighted by molar-refractivity contribution is 5.84. The van der Waals surface area contributed by atoms with E-state index in [0.29, 0.717) is 39.0 Å². The second-order valence-electron chi connectivity index (χ2n) is 6.98. The van der Waals surface area contributed by atoms with Crippen molar-refractivity contribution in [3.63, 3.8) is 0 Å². The molecule has 1 aromatic rings. The lowest BCUT2D eigenvalue weighted by Gasteiger charge is -2.34. The first-order valence-electron chi connectivity index (χ1n) is 9.28. The van der Waals surface area contributed by atoms with Gasteiger partial charge in [0.15, 0.2) is 0 Å². The average molecular weight is 358 g/mol. The molecule has 0 bridgehead atoms. The number of methoxy groups -OCH3 is 1. The minimum absolute atomic E-state index is 0.108. The van der Waals surface area contributed by atoms with Crippen molar-refractivity contribution in [2.24, 2.45) is 5.92 Å². The second kappa shape index (κ2) is 9.41. The Labute approximate surface area is 156 Å². The summed E-state index contributed by atoms with van der Waals surface area (Å²) >= 11 is 0. The van der Waals surface area contributed by atoms with Crippen LogP contribution < -0.4 is 4.74 Å². The molecule has 5 heteroatoms. The number of carbonyl (C=O) groups is 2. The third kappa shape index (κ3) is 5.35. The van der Waals surface area contributed by atoms with Gasteiger partial charge in [0.1, 0.15) is 5.75 Å². The summed E-state index contributed by atoms with van der Waals surface area (Å²) in [4.78, 5) is 28.7. The summed E-state index contributed by atoms with van der Waals surface area (Å²) in [7, 11) is 1.64. The SMILES string of the molecule is C=C(C)CN(CC)C(=O)C1CCC(=O)N(CCc2ccc(OC)cc2)C1. The molecule has 0 radical (unpaired) electrons. The normalized spacial score (nSPS) is 17.1. The maximum Gasteiger partial charge on any atom is 0.227 e. The van der Waals surface area contributed by atoms with E-state index in [1.165, 1.54) is 0 Å². The highest BCUT2D eigenvalue weighted by Crippen LogP contribution is 2.21. The molecule has 1 saturated heterocycles. The van der Waals surface area contributed by atoms with E-state index in [9.17, 15) is 9.59 Å². The summed E-state index contributed by atoms with van der Waals surface area (Å²) in [6.07, 6.45) is 1.87. The van der Waals surface area contributed by atoms with Crippen LogP contribution in [0.15, 0.2) is 36.4 Å². The maximum absolute atomic E-state index is 12.8. The summed E-state index contributed by atoms with van der Waals surface area (Å²) in [6.45, 7) is 10.2. The Morgan fingerprint density at radius 1 is 1.35 bits per heavy atom. The first-order valence-corrected chi connectivity index (χ1v) is 9.28. The third-order valence-corrected chi connectivity index (χ3v) is 4.83. The number of likely N-dealkylation sites (tertiary alicyclic amines) is 1. The fourth-order valence-corrected chi connectivity index (χ4v) is 3.32.